The van der Waals surface area contributed by atoms with Gasteiger partial charge in [0.2, 0.25) is 0 Å². The molecule has 0 amide bonds. The molecule has 0 saturated heterocycles. The predicted molar refractivity (Wildman–Crippen MR) is 76.6 cm³/mol. The second-order valence-corrected chi connectivity index (χ2v) is 5.00. The zero-order valence-corrected chi connectivity index (χ0v) is 11.6. The molecule has 0 aromatic heterocycles. The second-order valence-electron chi connectivity index (χ2n) is 5.00. The lowest BCUT2D eigenvalue weighted by Gasteiger charge is -2.17. The average molecular weight is 292 g/mol. The number of hydrogen-bond acceptors (Lipinski definition) is 1. The zero-order valence-electron chi connectivity index (χ0n) is 11.6. The maximum absolute atomic E-state index is 12.5. The van der Waals surface area contributed by atoms with E-state index in [1.807, 2.05) is 6.92 Å². The molecule has 4 heteroatoms. The van der Waals surface area contributed by atoms with Crippen LogP contribution in [0, 0.1) is 0 Å². The summed E-state index contributed by atoms with van der Waals surface area (Å²) in [7, 11) is 0. The molecule has 0 fully saturated rings. The lowest BCUT2D eigenvalue weighted by atomic mass is 9.86. The predicted octanol–water partition coefficient (Wildman–Crippen LogP) is 4.95. The van der Waals surface area contributed by atoms with Gasteiger partial charge in [0.25, 0.3) is 0 Å². The number of carbonyl (C=O) groups is 1. The van der Waals surface area contributed by atoms with E-state index in [0.717, 1.165) is 23.3 Å². The highest BCUT2D eigenvalue weighted by Gasteiger charge is 2.30. The number of benzene rings is 1. The van der Waals surface area contributed by atoms with E-state index in [9.17, 15) is 18.0 Å². The van der Waals surface area contributed by atoms with Gasteiger partial charge in [0.05, 0.1) is 5.56 Å². The summed E-state index contributed by atoms with van der Waals surface area (Å²) in [5.74, 6) is -0.00426. The molecule has 1 nitrogen and oxygen atoms in total. The molecule has 0 radical (unpaired) electrons. The van der Waals surface area contributed by atoms with Crippen molar-refractivity contribution in [3.8, 4) is 0 Å². The van der Waals surface area contributed by atoms with Crippen LogP contribution in [-0.4, -0.2) is 5.78 Å². The van der Waals surface area contributed by atoms with Crippen molar-refractivity contribution >= 4 is 11.9 Å². The second kappa shape index (κ2) is 5.72. The van der Waals surface area contributed by atoms with E-state index in [1.165, 1.54) is 12.1 Å². The van der Waals surface area contributed by atoms with Crippen LogP contribution in [-0.2, 0) is 11.0 Å². The van der Waals surface area contributed by atoms with Gasteiger partial charge in [-0.25, -0.2) is 0 Å². The van der Waals surface area contributed by atoms with E-state index < -0.39 is 11.7 Å². The summed E-state index contributed by atoms with van der Waals surface area (Å²) in [5, 5.41) is 0. The number of allylic oxidation sites excluding steroid dienone is 4. The van der Waals surface area contributed by atoms with Gasteiger partial charge in [0.15, 0.2) is 5.78 Å². The van der Waals surface area contributed by atoms with Crippen molar-refractivity contribution in [2.45, 2.75) is 25.9 Å². The Hall–Kier alpha value is -2.10. The topological polar surface area (TPSA) is 17.1 Å². The van der Waals surface area contributed by atoms with E-state index >= 15 is 0 Å². The average Bonchev–Trinajstić information content (AvgIpc) is 2.43. The standard InChI is InChI=1S/C17H15F3O/c1-3-14-11(2)4-9-16(21)15(14)10-12-5-7-13(8-6-12)17(18,19)20/h3,5-8,10H,1,4,9H2,2H3/b15-10-. The Morgan fingerprint density at radius 3 is 2.29 bits per heavy atom. The fraction of sp³-hybridized carbons (Fsp3) is 0.235. The zero-order chi connectivity index (χ0) is 15.6. The maximum atomic E-state index is 12.5. The summed E-state index contributed by atoms with van der Waals surface area (Å²) in [4.78, 5) is 12.0. The third-order valence-electron chi connectivity index (χ3n) is 3.53. The van der Waals surface area contributed by atoms with Crippen LogP contribution in [0.2, 0.25) is 0 Å². The number of rotatable bonds is 2. The highest BCUT2D eigenvalue weighted by molar-refractivity contribution is 6.05. The molecule has 0 atom stereocenters. The summed E-state index contributed by atoms with van der Waals surface area (Å²) in [6, 6.07) is 4.77. The number of ketones is 1. The van der Waals surface area contributed by atoms with Crippen molar-refractivity contribution < 1.29 is 18.0 Å². The Balaban J connectivity index is 2.40. The van der Waals surface area contributed by atoms with Crippen LogP contribution in [0.25, 0.3) is 6.08 Å². The Labute approximate surface area is 121 Å². The summed E-state index contributed by atoms with van der Waals surface area (Å²) in [6.07, 6.45) is 0.0275. The summed E-state index contributed by atoms with van der Waals surface area (Å²) < 4.78 is 37.6. The first kappa shape index (κ1) is 15.3. The molecule has 2 rings (SSSR count). The molecule has 110 valence electrons. The Morgan fingerprint density at radius 1 is 1.14 bits per heavy atom. The van der Waals surface area contributed by atoms with Gasteiger partial charge >= 0.3 is 6.18 Å². The first-order valence-electron chi connectivity index (χ1n) is 6.57. The molecule has 0 unspecified atom stereocenters. The SMILES string of the molecule is C=CC1=C(C)CCC(=O)/C1=C\c1ccc(C(F)(F)F)cc1. The van der Waals surface area contributed by atoms with Crippen LogP contribution in [0.1, 0.15) is 30.9 Å². The van der Waals surface area contributed by atoms with Crippen LogP contribution in [0.15, 0.2) is 53.6 Å². The van der Waals surface area contributed by atoms with E-state index in [2.05, 4.69) is 6.58 Å². The minimum atomic E-state index is -4.35. The third-order valence-corrected chi connectivity index (χ3v) is 3.53. The molecule has 21 heavy (non-hydrogen) atoms. The van der Waals surface area contributed by atoms with Gasteiger partial charge in [0.1, 0.15) is 0 Å². The largest absolute Gasteiger partial charge is 0.416 e. The lowest BCUT2D eigenvalue weighted by molar-refractivity contribution is -0.137. The molecule has 0 saturated carbocycles. The van der Waals surface area contributed by atoms with Gasteiger partial charge in [0, 0.05) is 12.0 Å². The van der Waals surface area contributed by atoms with Gasteiger partial charge < -0.3 is 0 Å². The van der Waals surface area contributed by atoms with E-state index in [4.69, 9.17) is 0 Å². The van der Waals surface area contributed by atoms with Gasteiger partial charge in [-0.3, -0.25) is 4.79 Å². The fourth-order valence-electron chi connectivity index (χ4n) is 2.33. The summed E-state index contributed by atoms with van der Waals surface area (Å²) >= 11 is 0. The molecular weight excluding hydrogens is 277 g/mol. The van der Waals surface area contributed by atoms with Crippen molar-refractivity contribution in [1.29, 1.82) is 0 Å². The third kappa shape index (κ3) is 3.32. The van der Waals surface area contributed by atoms with Gasteiger partial charge in [-0.1, -0.05) is 30.4 Å². The van der Waals surface area contributed by atoms with E-state index in [1.54, 1.807) is 12.2 Å². The normalized spacial score (nSPS) is 18.3. The molecular formula is C17H15F3O. The Morgan fingerprint density at radius 2 is 1.76 bits per heavy atom. The smallest absolute Gasteiger partial charge is 0.294 e. The van der Waals surface area contributed by atoms with Crippen LogP contribution >= 0.6 is 0 Å². The molecule has 0 spiro atoms. The first-order valence-corrected chi connectivity index (χ1v) is 6.57. The van der Waals surface area contributed by atoms with Crippen LogP contribution in [0.4, 0.5) is 13.2 Å². The van der Waals surface area contributed by atoms with E-state index in [-0.39, 0.29) is 5.78 Å². The lowest BCUT2D eigenvalue weighted by Crippen LogP contribution is -2.11. The molecule has 0 aliphatic heterocycles. The van der Waals surface area contributed by atoms with Gasteiger partial charge in [-0.2, -0.15) is 13.2 Å². The maximum Gasteiger partial charge on any atom is 0.416 e. The van der Waals surface area contributed by atoms with E-state index in [0.29, 0.717) is 24.0 Å². The number of alkyl halides is 3. The summed E-state index contributed by atoms with van der Waals surface area (Å²) in [5.41, 5.74) is 2.25. The molecule has 1 aromatic carbocycles. The summed E-state index contributed by atoms with van der Waals surface area (Å²) in [6.45, 7) is 5.64. The Bertz CT molecular complexity index is 631. The minimum Gasteiger partial charge on any atom is -0.294 e. The number of halogens is 3. The van der Waals surface area contributed by atoms with Crippen LogP contribution < -0.4 is 0 Å². The van der Waals surface area contributed by atoms with Crippen LogP contribution in [0.5, 0.6) is 0 Å². The highest BCUT2D eigenvalue weighted by atomic mass is 19.4. The molecule has 1 aliphatic carbocycles. The monoisotopic (exact) mass is 292 g/mol. The minimum absolute atomic E-state index is 0.00426. The molecule has 1 aromatic rings. The van der Waals surface area contributed by atoms with Crippen molar-refractivity contribution in [3.05, 3.63) is 64.8 Å². The number of carbonyl (C=O) groups excluding carboxylic acids is 1. The molecule has 0 bridgehead atoms. The Kier molecular flexibility index (Phi) is 4.16. The highest BCUT2D eigenvalue weighted by Crippen LogP contribution is 2.31. The van der Waals surface area contributed by atoms with Crippen molar-refractivity contribution in [1.82, 2.24) is 0 Å². The van der Waals surface area contributed by atoms with Crippen molar-refractivity contribution in [3.63, 3.8) is 0 Å². The quantitative estimate of drug-likeness (QED) is 0.704. The number of Topliss-reactive ketones (excluding diaryl/α,β-unsaturated/α-hetero) is 1. The molecule has 1 aliphatic rings. The molecule has 0 heterocycles. The molecule has 0 N–H and O–H groups in total. The van der Waals surface area contributed by atoms with Crippen molar-refractivity contribution in [2.75, 3.05) is 0 Å². The van der Waals surface area contributed by atoms with Gasteiger partial charge in [-0.15, -0.1) is 0 Å². The fourth-order valence-corrected chi connectivity index (χ4v) is 2.33. The first-order chi connectivity index (χ1) is 9.82. The van der Waals surface area contributed by atoms with Gasteiger partial charge in [-0.05, 0) is 42.7 Å². The number of hydrogen-bond donors (Lipinski definition) is 0. The van der Waals surface area contributed by atoms with Crippen molar-refractivity contribution in [2.24, 2.45) is 0 Å². The van der Waals surface area contributed by atoms with Crippen LogP contribution in [0.3, 0.4) is 0 Å².